The SMILES string of the molecule is COc1cc(C)cc(NC(=O)c2csc3c(OC)ncnc23)c1. The number of carbonyl (C=O) groups excluding carboxylic acids is 1. The van der Waals surface area contributed by atoms with Crippen molar-refractivity contribution in [2.45, 2.75) is 6.92 Å². The third-order valence-electron chi connectivity index (χ3n) is 3.30. The molecule has 1 N–H and O–H groups in total. The summed E-state index contributed by atoms with van der Waals surface area (Å²) in [6, 6.07) is 5.55. The van der Waals surface area contributed by atoms with Crippen LogP contribution >= 0.6 is 11.3 Å². The maximum atomic E-state index is 12.6. The highest BCUT2D eigenvalue weighted by Crippen LogP contribution is 2.31. The fourth-order valence-electron chi connectivity index (χ4n) is 2.27. The van der Waals surface area contributed by atoms with Crippen molar-refractivity contribution in [2.24, 2.45) is 0 Å². The van der Waals surface area contributed by atoms with E-state index in [4.69, 9.17) is 9.47 Å². The molecule has 23 heavy (non-hydrogen) atoms. The monoisotopic (exact) mass is 329 g/mol. The molecule has 1 aromatic carbocycles. The molecule has 0 atom stereocenters. The predicted octanol–water partition coefficient (Wildman–Crippen LogP) is 3.27. The normalized spacial score (nSPS) is 10.6. The van der Waals surface area contributed by atoms with Gasteiger partial charge in [0, 0.05) is 17.1 Å². The molecule has 2 aromatic heterocycles. The lowest BCUT2D eigenvalue weighted by atomic mass is 10.2. The lowest BCUT2D eigenvalue weighted by molar-refractivity contribution is 0.102. The van der Waals surface area contributed by atoms with Gasteiger partial charge in [-0.25, -0.2) is 9.97 Å². The van der Waals surface area contributed by atoms with Crippen LogP contribution in [0.2, 0.25) is 0 Å². The van der Waals surface area contributed by atoms with Gasteiger partial charge < -0.3 is 14.8 Å². The van der Waals surface area contributed by atoms with Gasteiger partial charge in [-0.05, 0) is 24.6 Å². The molecule has 118 valence electrons. The van der Waals surface area contributed by atoms with Gasteiger partial charge in [-0.2, -0.15) is 0 Å². The minimum Gasteiger partial charge on any atom is -0.497 e. The van der Waals surface area contributed by atoms with Gasteiger partial charge in [-0.1, -0.05) is 0 Å². The number of nitrogens with one attached hydrogen (secondary N) is 1. The van der Waals surface area contributed by atoms with Crippen molar-refractivity contribution in [3.05, 3.63) is 41.0 Å². The molecule has 0 radical (unpaired) electrons. The van der Waals surface area contributed by atoms with E-state index in [9.17, 15) is 4.79 Å². The summed E-state index contributed by atoms with van der Waals surface area (Å²) in [5.41, 5.74) is 2.75. The van der Waals surface area contributed by atoms with Gasteiger partial charge in [0.2, 0.25) is 5.88 Å². The smallest absolute Gasteiger partial charge is 0.258 e. The predicted molar refractivity (Wildman–Crippen MR) is 89.7 cm³/mol. The van der Waals surface area contributed by atoms with E-state index in [0.29, 0.717) is 28.4 Å². The molecule has 2 heterocycles. The molecule has 3 rings (SSSR count). The number of methoxy groups -OCH3 is 2. The van der Waals surface area contributed by atoms with Crippen molar-refractivity contribution in [1.29, 1.82) is 0 Å². The average molecular weight is 329 g/mol. The molecule has 0 fully saturated rings. The number of hydrogen-bond acceptors (Lipinski definition) is 6. The Labute approximate surface area is 137 Å². The van der Waals surface area contributed by atoms with Gasteiger partial charge in [0.15, 0.2) is 0 Å². The number of thiophene rings is 1. The van der Waals surface area contributed by atoms with Crippen molar-refractivity contribution in [1.82, 2.24) is 9.97 Å². The number of aryl methyl sites for hydroxylation is 1. The van der Waals surface area contributed by atoms with Crippen LogP contribution < -0.4 is 14.8 Å². The van der Waals surface area contributed by atoms with E-state index >= 15 is 0 Å². The van der Waals surface area contributed by atoms with Crippen molar-refractivity contribution in [3.8, 4) is 11.6 Å². The van der Waals surface area contributed by atoms with Crippen molar-refractivity contribution in [3.63, 3.8) is 0 Å². The number of carbonyl (C=O) groups is 1. The third-order valence-corrected chi connectivity index (χ3v) is 4.26. The standard InChI is InChI=1S/C16H15N3O3S/c1-9-4-10(6-11(5-9)21-2)19-15(20)12-7-23-14-13(12)17-8-18-16(14)22-3/h4-8H,1-3H3,(H,19,20). The Kier molecular flexibility index (Phi) is 4.12. The van der Waals surface area contributed by atoms with Gasteiger partial charge in [0.1, 0.15) is 22.3 Å². The molecule has 0 unspecified atom stereocenters. The Morgan fingerprint density at radius 3 is 2.74 bits per heavy atom. The fourth-order valence-corrected chi connectivity index (χ4v) is 3.24. The average Bonchev–Trinajstić information content (AvgIpc) is 2.98. The van der Waals surface area contributed by atoms with Crippen LogP contribution in [0, 0.1) is 6.92 Å². The first-order chi connectivity index (χ1) is 11.1. The number of rotatable bonds is 4. The van der Waals surface area contributed by atoms with Gasteiger partial charge in [0.05, 0.1) is 19.8 Å². The Morgan fingerprint density at radius 1 is 1.17 bits per heavy atom. The van der Waals surface area contributed by atoms with Crippen LogP contribution in [0.3, 0.4) is 0 Å². The fraction of sp³-hybridized carbons (Fsp3) is 0.188. The van der Waals surface area contributed by atoms with E-state index in [-0.39, 0.29) is 5.91 Å². The zero-order valence-electron chi connectivity index (χ0n) is 12.9. The summed E-state index contributed by atoms with van der Waals surface area (Å²) in [6.07, 6.45) is 1.39. The van der Waals surface area contributed by atoms with Crippen molar-refractivity contribution >= 4 is 33.1 Å². The highest BCUT2D eigenvalue weighted by atomic mass is 32.1. The van der Waals surface area contributed by atoms with Crippen LogP contribution in [0.5, 0.6) is 11.6 Å². The quantitative estimate of drug-likeness (QED) is 0.795. The summed E-state index contributed by atoms with van der Waals surface area (Å²) in [4.78, 5) is 20.8. The minimum absolute atomic E-state index is 0.232. The van der Waals surface area contributed by atoms with Crippen LogP contribution in [-0.4, -0.2) is 30.1 Å². The first-order valence-electron chi connectivity index (χ1n) is 6.85. The van der Waals surface area contributed by atoms with E-state index in [1.54, 1.807) is 25.7 Å². The topological polar surface area (TPSA) is 73.3 Å². The third kappa shape index (κ3) is 2.95. The van der Waals surface area contributed by atoms with Crippen molar-refractivity contribution in [2.75, 3.05) is 19.5 Å². The summed E-state index contributed by atoms with van der Waals surface area (Å²) < 4.78 is 11.2. The maximum absolute atomic E-state index is 12.6. The molecule has 0 bridgehead atoms. The number of nitrogens with zero attached hydrogens (tertiary/aromatic N) is 2. The van der Waals surface area contributed by atoms with Crippen LogP contribution in [0.1, 0.15) is 15.9 Å². The molecule has 0 saturated carbocycles. The first-order valence-corrected chi connectivity index (χ1v) is 7.73. The van der Waals surface area contributed by atoms with Crippen LogP contribution in [-0.2, 0) is 0 Å². The molecule has 0 aliphatic heterocycles. The summed E-state index contributed by atoms with van der Waals surface area (Å²) in [7, 11) is 3.14. The number of ether oxygens (including phenoxy) is 2. The van der Waals surface area contributed by atoms with Crippen LogP contribution in [0.15, 0.2) is 29.9 Å². The van der Waals surface area contributed by atoms with E-state index in [0.717, 1.165) is 10.3 Å². The Balaban J connectivity index is 1.94. The Bertz CT molecular complexity index is 876. The number of benzene rings is 1. The second-order valence-corrected chi connectivity index (χ2v) is 5.78. The zero-order chi connectivity index (χ0) is 16.4. The van der Waals surface area contributed by atoms with Crippen LogP contribution in [0.25, 0.3) is 10.2 Å². The zero-order valence-corrected chi connectivity index (χ0v) is 13.7. The number of amides is 1. The lowest BCUT2D eigenvalue weighted by Crippen LogP contribution is -2.12. The van der Waals surface area contributed by atoms with E-state index in [2.05, 4.69) is 15.3 Å². The lowest BCUT2D eigenvalue weighted by Gasteiger charge is -2.08. The van der Waals surface area contributed by atoms with Crippen LogP contribution in [0.4, 0.5) is 5.69 Å². The summed E-state index contributed by atoms with van der Waals surface area (Å²) >= 11 is 1.38. The summed E-state index contributed by atoms with van der Waals surface area (Å²) in [5, 5.41) is 4.63. The maximum Gasteiger partial charge on any atom is 0.258 e. The molecule has 6 nitrogen and oxygen atoms in total. The second-order valence-electron chi connectivity index (χ2n) is 4.90. The molecule has 0 aliphatic rings. The van der Waals surface area contributed by atoms with E-state index < -0.39 is 0 Å². The summed E-state index contributed by atoms with van der Waals surface area (Å²) in [6.45, 7) is 1.94. The van der Waals surface area contributed by atoms with E-state index in [1.165, 1.54) is 17.7 Å². The van der Waals surface area contributed by atoms with E-state index in [1.807, 2.05) is 19.1 Å². The number of hydrogen-bond donors (Lipinski definition) is 1. The molecule has 3 aromatic rings. The van der Waals surface area contributed by atoms with Gasteiger partial charge in [0.25, 0.3) is 5.91 Å². The summed E-state index contributed by atoms with van der Waals surface area (Å²) in [5.74, 6) is 0.931. The van der Waals surface area contributed by atoms with Gasteiger partial charge in [-0.15, -0.1) is 11.3 Å². The molecule has 7 heteroatoms. The molecule has 1 amide bonds. The molecule has 0 saturated heterocycles. The highest BCUT2D eigenvalue weighted by molar-refractivity contribution is 7.17. The second kappa shape index (κ2) is 6.21. The molecule has 0 spiro atoms. The number of aromatic nitrogens is 2. The number of fused-ring (bicyclic) bond motifs is 1. The molecular weight excluding hydrogens is 314 g/mol. The number of anilines is 1. The van der Waals surface area contributed by atoms with Gasteiger partial charge in [-0.3, -0.25) is 4.79 Å². The minimum atomic E-state index is -0.232. The van der Waals surface area contributed by atoms with Crippen molar-refractivity contribution < 1.29 is 14.3 Å². The Morgan fingerprint density at radius 2 is 2.00 bits per heavy atom. The van der Waals surface area contributed by atoms with Gasteiger partial charge >= 0.3 is 0 Å². The Hall–Kier alpha value is -2.67. The molecular formula is C16H15N3O3S. The largest absolute Gasteiger partial charge is 0.497 e. The molecule has 0 aliphatic carbocycles. The highest BCUT2D eigenvalue weighted by Gasteiger charge is 2.17. The first kappa shape index (κ1) is 15.2.